The molecule has 6 nitrogen and oxygen atoms in total. The molecule has 0 saturated carbocycles. The average Bonchev–Trinajstić information content (AvgIpc) is 2.38. The van der Waals surface area contributed by atoms with Crippen LogP contribution < -0.4 is 4.72 Å². The highest BCUT2D eigenvalue weighted by Crippen LogP contribution is 2.26. The third-order valence-electron chi connectivity index (χ3n) is 3.27. The molecular weight excluding hydrogens is 319 g/mol. The van der Waals surface area contributed by atoms with Gasteiger partial charge in [0.1, 0.15) is 0 Å². The van der Waals surface area contributed by atoms with Crippen molar-refractivity contribution in [2.24, 2.45) is 0 Å². The number of thioether (sulfide) groups is 1. The van der Waals surface area contributed by atoms with Crippen LogP contribution in [0.4, 0.5) is 10.1 Å². The van der Waals surface area contributed by atoms with Gasteiger partial charge in [-0.25, -0.2) is 13.1 Å². The van der Waals surface area contributed by atoms with Crippen molar-refractivity contribution in [1.82, 2.24) is 4.72 Å². The maximum absolute atomic E-state index is 13.5. The molecule has 1 aliphatic heterocycles. The predicted molar refractivity (Wildman–Crippen MR) is 78.5 cm³/mol. The summed E-state index contributed by atoms with van der Waals surface area (Å²) >= 11 is 1.76. The first-order valence-electron chi connectivity index (χ1n) is 6.36. The predicted octanol–water partition coefficient (Wildman–Crippen LogP) is 2.22. The number of sulfonamides is 1. The molecule has 1 heterocycles. The zero-order chi connectivity index (χ0) is 15.6. The van der Waals surface area contributed by atoms with Crippen LogP contribution in [0.2, 0.25) is 0 Å². The van der Waals surface area contributed by atoms with Gasteiger partial charge in [0.05, 0.1) is 9.82 Å². The molecule has 0 radical (unpaired) electrons. The maximum atomic E-state index is 13.5. The van der Waals surface area contributed by atoms with E-state index in [0.29, 0.717) is 12.8 Å². The highest BCUT2D eigenvalue weighted by atomic mass is 32.2. The normalized spacial score (nSPS) is 16.9. The number of nitro groups is 1. The van der Waals surface area contributed by atoms with Gasteiger partial charge in [0.15, 0.2) is 0 Å². The van der Waals surface area contributed by atoms with Crippen molar-refractivity contribution in [2.75, 3.05) is 11.5 Å². The standard InChI is InChI=1S/C12H15FN2O4S2/c1-8-6-10(13)11(15(16)17)7-12(8)21(18,19)14-9-2-4-20-5-3-9/h6-7,9,14H,2-5H2,1H3. The van der Waals surface area contributed by atoms with Crippen LogP contribution in [0, 0.1) is 22.9 Å². The summed E-state index contributed by atoms with van der Waals surface area (Å²) in [5, 5.41) is 10.7. The Morgan fingerprint density at radius 3 is 2.57 bits per heavy atom. The highest BCUT2D eigenvalue weighted by molar-refractivity contribution is 7.99. The van der Waals surface area contributed by atoms with E-state index in [9.17, 15) is 22.9 Å². The molecule has 0 aliphatic carbocycles. The first-order chi connectivity index (χ1) is 9.81. The molecule has 9 heteroatoms. The summed E-state index contributed by atoms with van der Waals surface area (Å²) < 4.78 is 40.7. The molecule has 21 heavy (non-hydrogen) atoms. The molecule has 0 bridgehead atoms. The van der Waals surface area contributed by atoms with Crippen molar-refractivity contribution in [3.8, 4) is 0 Å². The second-order valence-electron chi connectivity index (χ2n) is 4.83. The van der Waals surface area contributed by atoms with Gasteiger partial charge in [-0.2, -0.15) is 16.2 Å². The number of benzene rings is 1. The molecule has 0 unspecified atom stereocenters. The smallest absolute Gasteiger partial charge is 0.258 e. The highest BCUT2D eigenvalue weighted by Gasteiger charge is 2.27. The number of nitrogens with zero attached hydrogens (tertiary/aromatic N) is 1. The quantitative estimate of drug-likeness (QED) is 0.673. The summed E-state index contributed by atoms with van der Waals surface area (Å²) in [7, 11) is -3.89. The number of hydrogen-bond acceptors (Lipinski definition) is 5. The number of aryl methyl sites for hydroxylation is 1. The van der Waals surface area contributed by atoms with Gasteiger partial charge in [-0.15, -0.1) is 0 Å². The van der Waals surface area contributed by atoms with Crippen LogP contribution in [0.3, 0.4) is 0 Å². The van der Waals surface area contributed by atoms with E-state index in [2.05, 4.69) is 4.72 Å². The Kier molecular flexibility index (Phi) is 4.84. The molecule has 0 atom stereocenters. The Bertz CT molecular complexity index is 657. The first-order valence-corrected chi connectivity index (χ1v) is 8.99. The van der Waals surface area contributed by atoms with E-state index < -0.39 is 26.5 Å². The number of rotatable bonds is 4. The van der Waals surface area contributed by atoms with Gasteiger partial charge in [0.2, 0.25) is 15.8 Å². The minimum atomic E-state index is -3.89. The van der Waals surface area contributed by atoms with Gasteiger partial charge >= 0.3 is 5.69 Å². The molecule has 1 aromatic carbocycles. The number of nitro benzene ring substituents is 1. The minimum absolute atomic E-state index is 0.149. The molecule has 1 aliphatic rings. The molecule has 1 aromatic rings. The van der Waals surface area contributed by atoms with Crippen LogP contribution in [-0.4, -0.2) is 30.9 Å². The molecule has 0 amide bonds. The minimum Gasteiger partial charge on any atom is -0.258 e. The average molecular weight is 334 g/mol. The fraction of sp³-hybridized carbons (Fsp3) is 0.500. The second-order valence-corrected chi connectivity index (χ2v) is 7.74. The van der Waals surface area contributed by atoms with Crippen molar-refractivity contribution < 1.29 is 17.7 Å². The topological polar surface area (TPSA) is 89.3 Å². The summed E-state index contributed by atoms with van der Waals surface area (Å²) in [4.78, 5) is 9.58. The van der Waals surface area contributed by atoms with Crippen molar-refractivity contribution in [3.63, 3.8) is 0 Å². The fourth-order valence-electron chi connectivity index (χ4n) is 2.17. The molecule has 0 aromatic heterocycles. The first kappa shape index (κ1) is 16.2. The van der Waals surface area contributed by atoms with Crippen LogP contribution >= 0.6 is 11.8 Å². The lowest BCUT2D eigenvalue weighted by atomic mass is 10.2. The van der Waals surface area contributed by atoms with Gasteiger partial charge < -0.3 is 0 Å². The van der Waals surface area contributed by atoms with Crippen LogP contribution in [0.15, 0.2) is 17.0 Å². The van der Waals surface area contributed by atoms with Gasteiger partial charge in [0, 0.05) is 12.1 Å². The van der Waals surface area contributed by atoms with E-state index >= 15 is 0 Å². The lowest BCUT2D eigenvalue weighted by Gasteiger charge is -2.22. The van der Waals surface area contributed by atoms with E-state index in [1.54, 1.807) is 11.8 Å². The summed E-state index contributed by atoms with van der Waals surface area (Å²) in [5.74, 6) is 0.705. The molecule has 116 valence electrons. The van der Waals surface area contributed by atoms with Crippen LogP contribution in [0.25, 0.3) is 0 Å². The Balaban J connectivity index is 2.34. The van der Waals surface area contributed by atoms with E-state index in [-0.39, 0.29) is 16.5 Å². The fourth-order valence-corrected chi connectivity index (χ4v) is 4.83. The third-order valence-corrected chi connectivity index (χ3v) is 5.98. The molecule has 1 N–H and O–H groups in total. The van der Waals surface area contributed by atoms with Gasteiger partial charge in [-0.1, -0.05) is 0 Å². The molecular formula is C12H15FN2O4S2. The Morgan fingerprint density at radius 1 is 1.38 bits per heavy atom. The summed E-state index contributed by atoms with van der Waals surface area (Å²) in [6.45, 7) is 1.41. The molecule has 1 fully saturated rings. The van der Waals surface area contributed by atoms with Crippen molar-refractivity contribution >= 4 is 27.5 Å². The van der Waals surface area contributed by atoms with Gasteiger partial charge in [0.25, 0.3) is 0 Å². The molecule has 0 spiro atoms. The largest absolute Gasteiger partial charge is 0.306 e. The number of hydrogen-bond donors (Lipinski definition) is 1. The van der Waals surface area contributed by atoms with Gasteiger partial charge in [-0.3, -0.25) is 10.1 Å². The summed E-state index contributed by atoms with van der Waals surface area (Å²) in [6.07, 6.45) is 1.43. The number of nitrogens with one attached hydrogen (secondary N) is 1. The Morgan fingerprint density at radius 2 is 2.00 bits per heavy atom. The lowest BCUT2D eigenvalue weighted by Crippen LogP contribution is -2.37. The van der Waals surface area contributed by atoms with Crippen LogP contribution in [0.5, 0.6) is 0 Å². The van der Waals surface area contributed by atoms with E-state index in [1.807, 2.05) is 0 Å². The molecule has 1 saturated heterocycles. The van der Waals surface area contributed by atoms with Gasteiger partial charge in [-0.05, 0) is 42.9 Å². The monoisotopic (exact) mass is 334 g/mol. The van der Waals surface area contributed by atoms with Crippen molar-refractivity contribution in [1.29, 1.82) is 0 Å². The van der Waals surface area contributed by atoms with Crippen molar-refractivity contribution in [3.05, 3.63) is 33.6 Å². The lowest BCUT2D eigenvalue weighted by molar-refractivity contribution is -0.387. The van der Waals surface area contributed by atoms with E-state index in [0.717, 1.165) is 23.6 Å². The van der Waals surface area contributed by atoms with Crippen molar-refractivity contribution in [2.45, 2.75) is 30.7 Å². The second kappa shape index (κ2) is 6.29. The number of halogens is 1. The SMILES string of the molecule is Cc1cc(F)c([N+](=O)[O-])cc1S(=O)(=O)NC1CCSCC1. The van der Waals surface area contributed by atoms with E-state index in [4.69, 9.17) is 0 Å². The zero-order valence-corrected chi connectivity index (χ0v) is 13.0. The van der Waals surface area contributed by atoms with Crippen LogP contribution in [-0.2, 0) is 10.0 Å². The zero-order valence-electron chi connectivity index (χ0n) is 11.3. The maximum Gasteiger partial charge on any atom is 0.306 e. The van der Waals surface area contributed by atoms with E-state index in [1.165, 1.54) is 6.92 Å². The molecule has 2 rings (SSSR count). The summed E-state index contributed by atoms with van der Waals surface area (Å²) in [6, 6.07) is 1.48. The Labute approximate surface area is 126 Å². The van der Waals surface area contributed by atoms with Crippen LogP contribution in [0.1, 0.15) is 18.4 Å². The third kappa shape index (κ3) is 3.72. The summed E-state index contributed by atoms with van der Waals surface area (Å²) in [5.41, 5.74) is -0.684. The Hall–Kier alpha value is -1.19.